The van der Waals surface area contributed by atoms with Crippen LogP contribution >= 0.6 is 0 Å². The molecule has 1 heterocycles. The molecule has 0 spiro atoms. The van der Waals surface area contributed by atoms with Gasteiger partial charge in [-0.3, -0.25) is 4.79 Å². The molecule has 2 aromatic carbocycles. The van der Waals surface area contributed by atoms with Gasteiger partial charge in [-0.15, -0.1) is 0 Å². The molecule has 2 aromatic rings. The minimum atomic E-state index is -3.38. The normalized spacial score (nSPS) is 15.0. The third kappa shape index (κ3) is 4.96. The lowest BCUT2D eigenvalue weighted by molar-refractivity contribution is -0.116. The molecule has 3 rings (SSSR count). The van der Waals surface area contributed by atoms with Gasteiger partial charge in [-0.05, 0) is 74.1 Å². The summed E-state index contributed by atoms with van der Waals surface area (Å²) in [4.78, 5) is 12.5. The molecule has 6 heteroatoms. The first-order valence-electron chi connectivity index (χ1n) is 9.32. The van der Waals surface area contributed by atoms with E-state index in [0.717, 1.165) is 35.2 Å². The van der Waals surface area contributed by atoms with Gasteiger partial charge in [0, 0.05) is 25.2 Å². The predicted molar refractivity (Wildman–Crippen MR) is 107 cm³/mol. The average Bonchev–Trinajstić information content (AvgIpc) is 3.15. The molecule has 0 bridgehead atoms. The standard InChI is InChI=1S/C21H26N2O3S/c1-16-13-17(2)15-19(14-16)22-21(24)10-7-18-5-8-20(9-6-18)27(25,26)23-11-3-4-12-23/h5-6,8-9,13-15H,3-4,7,10-12H2,1-2H3,(H,22,24). The van der Waals surface area contributed by atoms with Crippen molar-refractivity contribution in [2.24, 2.45) is 0 Å². The first kappa shape index (κ1) is 19.6. The first-order chi connectivity index (χ1) is 12.8. The van der Waals surface area contributed by atoms with Gasteiger partial charge in [-0.2, -0.15) is 4.31 Å². The second-order valence-corrected chi connectivity index (χ2v) is 9.12. The molecule has 0 radical (unpaired) electrons. The van der Waals surface area contributed by atoms with Crippen molar-refractivity contribution in [3.8, 4) is 0 Å². The SMILES string of the molecule is Cc1cc(C)cc(NC(=O)CCc2ccc(S(=O)(=O)N3CCCC3)cc2)c1. The van der Waals surface area contributed by atoms with Crippen molar-refractivity contribution in [2.45, 2.75) is 44.4 Å². The number of anilines is 1. The zero-order chi connectivity index (χ0) is 19.4. The molecule has 0 aromatic heterocycles. The summed E-state index contributed by atoms with van der Waals surface area (Å²) in [5.41, 5.74) is 3.98. The fraction of sp³-hybridized carbons (Fsp3) is 0.381. The average molecular weight is 387 g/mol. The van der Waals surface area contributed by atoms with Crippen molar-refractivity contribution in [1.82, 2.24) is 4.31 Å². The van der Waals surface area contributed by atoms with Gasteiger partial charge < -0.3 is 5.32 Å². The number of aryl methyl sites for hydroxylation is 3. The lowest BCUT2D eigenvalue weighted by Gasteiger charge is -2.15. The molecule has 1 saturated heterocycles. The molecule has 27 heavy (non-hydrogen) atoms. The lowest BCUT2D eigenvalue weighted by atomic mass is 10.1. The quantitative estimate of drug-likeness (QED) is 0.824. The molecule has 1 aliphatic heterocycles. The van der Waals surface area contributed by atoms with Crippen LogP contribution < -0.4 is 5.32 Å². The Labute approximate surface area is 161 Å². The van der Waals surface area contributed by atoms with Crippen molar-refractivity contribution < 1.29 is 13.2 Å². The fourth-order valence-electron chi connectivity index (χ4n) is 3.43. The van der Waals surface area contributed by atoms with E-state index in [0.29, 0.717) is 30.8 Å². The van der Waals surface area contributed by atoms with Crippen LogP contribution in [0.3, 0.4) is 0 Å². The Hall–Kier alpha value is -2.18. The number of amides is 1. The highest BCUT2D eigenvalue weighted by Gasteiger charge is 2.26. The van der Waals surface area contributed by atoms with Crippen LogP contribution in [0.25, 0.3) is 0 Å². The van der Waals surface area contributed by atoms with Gasteiger partial charge >= 0.3 is 0 Å². The third-order valence-corrected chi connectivity index (χ3v) is 6.69. The summed E-state index contributed by atoms with van der Waals surface area (Å²) in [5, 5.41) is 2.93. The first-order valence-corrected chi connectivity index (χ1v) is 10.8. The van der Waals surface area contributed by atoms with Gasteiger partial charge in [0.1, 0.15) is 0 Å². The molecular weight excluding hydrogens is 360 g/mol. The molecule has 0 saturated carbocycles. The number of hydrogen-bond donors (Lipinski definition) is 1. The van der Waals surface area contributed by atoms with Crippen LogP contribution in [0.5, 0.6) is 0 Å². The Kier molecular flexibility index (Phi) is 5.97. The van der Waals surface area contributed by atoms with Gasteiger partial charge in [0.25, 0.3) is 0 Å². The van der Waals surface area contributed by atoms with E-state index < -0.39 is 10.0 Å². The fourth-order valence-corrected chi connectivity index (χ4v) is 4.95. The van der Waals surface area contributed by atoms with Crippen molar-refractivity contribution in [1.29, 1.82) is 0 Å². The zero-order valence-electron chi connectivity index (χ0n) is 15.9. The lowest BCUT2D eigenvalue weighted by Crippen LogP contribution is -2.27. The summed E-state index contributed by atoms with van der Waals surface area (Å²) in [6.45, 7) is 5.20. The molecule has 1 fully saturated rings. The summed E-state index contributed by atoms with van der Waals surface area (Å²) >= 11 is 0. The number of nitrogens with zero attached hydrogens (tertiary/aromatic N) is 1. The van der Waals surface area contributed by atoms with Crippen LogP contribution in [-0.2, 0) is 21.2 Å². The van der Waals surface area contributed by atoms with E-state index >= 15 is 0 Å². The number of benzene rings is 2. The van der Waals surface area contributed by atoms with Crippen LogP contribution in [0.4, 0.5) is 5.69 Å². The van der Waals surface area contributed by atoms with Gasteiger partial charge in [0.05, 0.1) is 4.90 Å². The van der Waals surface area contributed by atoms with E-state index in [9.17, 15) is 13.2 Å². The van der Waals surface area contributed by atoms with Crippen LogP contribution in [0.2, 0.25) is 0 Å². The highest BCUT2D eigenvalue weighted by Crippen LogP contribution is 2.21. The molecule has 0 aliphatic carbocycles. The Morgan fingerprint density at radius 3 is 2.19 bits per heavy atom. The van der Waals surface area contributed by atoms with E-state index in [1.54, 1.807) is 28.6 Å². The highest BCUT2D eigenvalue weighted by atomic mass is 32.2. The van der Waals surface area contributed by atoms with E-state index in [-0.39, 0.29) is 5.91 Å². The molecule has 1 N–H and O–H groups in total. The number of carbonyl (C=O) groups is 1. The summed E-state index contributed by atoms with van der Waals surface area (Å²) in [5.74, 6) is -0.0474. The van der Waals surface area contributed by atoms with E-state index in [2.05, 4.69) is 11.4 Å². The molecule has 1 amide bonds. The van der Waals surface area contributed by atoms with Crippen molar-refractivity contribution >= 4 is 21.6 Å². The topological polar surface area (TPSA) is 66.5 Å². The maximum absolute atomic E-state index is 12.5. The van der Waals surface area contributed by atoms with E-state index in [1.807, 2.05) is 26.0 Å². The van der Waals surface area contributed by atoms with Crippen LogP contribution in [0.15, 0.2) is 47.4 Å². The second kappa shape index (κ2) is 8.23. The summed E-state index contributed by atoms with van der Waals surface area (Å²) in [6, 6.07) is 12.8. The number of nitrogens with one attached hydrogen (secondary N) is 1. The Bertz CT molecular complexity index is 895. The van der Waals surface area contributed by atoms with Crippen molar-refractivity contribution in [3.63, 3.8) is 0 Å². The molecule has 5 nitrogen and oxygen atoms in total. The minimum Gasteiger partial charge on any atom is -0.326 e. The van der Waals surface area contributed by atoms with Gasteiger partial charge in [-0.1, -0.05) is 18.2 Å². The maximum atomic E-state index is 12.5. The number of hydrogen-bond acceptors (Lipinski definition) is 3. The van der Waals surface area contributed by atoms with Crippen LogP contribution in [-0.4, -0.2) is 31.7 Å². The van der Waals surface area contributed by atoms with E-state index in [1.165, 1.54) is 0 Å². The predicted octanol–water partition coefficient (Wildman–Crippen LogP) is 3.66. The summed E-state index contributed by atoms with van der Waals surface area (Å²) in [6.07, 6.45) is 2.77. The zero-order valence-corrected chi connectivity index (χ0v) is 16.7. The second-order valence-electron chi connectivity index (χ2n) is 7.18. The van der Waals surface area contributed by atoms with E-state index in [4.69, 9.17) is 0 Å². The number of rotatable bonds is 6. The smallest absolute Gasteiger partial charge is 0.243 e. The molecule has 0 unspecified atom stereocenters. The molecular formula is C21H26N2O3S. The maximum Gasteiger partial charge on any atom is 0.243 e. The molecule has 1 aliphatic rings. The number of carbonyl (C=O) groups excluding carboxylic acids is 1. The van der Waals surface area contributed by atoms with Crippen molar-refractivity contribution in [2.75, 3.05) is 18.4 Å². The van der Waals surface area contributed by atoms with Gasteiger partial charge in [0.2, 0.25) is 15.9 Å². The third-order valence-electron chi connectivity index (χ3n) is 4.77. The Balaban J connectivity index is 1.57. The monoisotopic (exact) mass is 386 g/mol. The van der Waals surface area contributed by atoms with Crippen LogP contribution in [0, 0.1) is 13.8 Å². The minimum absolute atomic E-state index is 0.0474. The van der Waals surface area contributed by atoms with Gasteiger partial charge in [-0.25, -0.2) is 8.42 Å². The Morgan fingerprint density at radius 2 is 1.59 bits per heavy atom. The molecule has 0 atom stereocenters. The highest BCUT2D eigenvalue weighted by molar-refractivity contribution is 7.89. The van der Waals surface area contributed by atoms with Crippen LogP contribution in [0.1, 0.15) is 36.0 Å². The molecule has 144 valence electrons. The largest absolute Gasteiger partial charge is 0.326 e. The summed E-state index contributed by atoms with van der Waals surface area (Å²) in [7, 11) is -3.38. The number of sulfonamides is 1. The van der Waals surface area contributed by atoms with Crippen molar-refractivity contribution in [3.05, 3.63) is 59.2 Å². The summed E-state index contributed by atoms with van der Waals surface area (Å²) < 4.78 is 26.6. The Morgan fingerprint density at radius 1 is 1.00 bits per heavy atom. The van der Waals surface area contributed by atoms with Gasteiger partial charge in [0.15, 0.2) is 0 Å².